The minimum Gasteiger partial charge on any atom is -0.353 e. The summed E-state index contributed by atoms with van der Waals surface area (Å²) in [4.78, 5) is 18.9. The Balaban J connectivity index is 0. The van der Waals surface area contributed by atoms with E-state index >= 15 is 0 Å². The number of hydrogen-bond donors (Lipinski definition) is 2. The summed E-state index contributed by atoms with van der Waals surface area (Å²) in [6.45, 7) is 7.70. The van der Waals surface area contributed by atoms with E-state index in [0.29, 0.717) is 12.1 Å². The van der Waals surface area contributed by atoms with Crippen LogP contribution in [0.2, 0.25) is 0 Å². The summed E-state index contributed by atoms with van der Waals surface area (Å²) in [6.07, 6.45) is 0.750. The molecular formula is C7H12N2O2. The first-order chi connectivity index (χ1) is 5.09. The van der Waals surface area contributed by atoms with Gasteiger partial charge in [-0.2, -0.15) is 0 Å². The number of likely N-dealkylation sites (N-methyl/N-ethyl adjacent to an activating group) is 1. The van der Waals surface area contributed by atoms with Gasteiger partial charge in [0.2, 0.25) is 12.0 Å². The Morgan fingerprint density at radius 1 is 1.73 bits per heavy atom. The third-order valence-corrected chi connectivity index (χ3v) is 0.725. The predicted molar refractivity (Wildman–Crippen MR) is 41.9 cm³/mol. The van der Waals surface area contributed by atoms with Gasteiger partial charge in [-0.25, -0.2) is 10.2 Å². The van der Waals surface area contributed by atoms with Crippen molar-refractivity contribution < 1.29 is 9.59 Å². The molecule has 0 aromatic rings. The molecule has 0 aliphatic heterocycles. The monoisotopic (exact) mass is 156 g/mol. The van der Waals surface area contributed by atoms with E-state index in [4.69, 9.17) is 10.2 Å². The van der Waals surface area contributed by atoms with Crippen LogP contribution >= 0.6 is 0 Å². The molecule has 0 atom stereocenters. The first kappa shape index (κ1) is 12.3. The topological polar surface area (TPSA) is 70.0 Å². The van der Waals surface area contributed by atoms with E-state index < -0.39 is 0 Å². The van der Waals surface area contributed by atoms with Gasteiger partial charge in [0.25, 0.3) is 0 Å². The van der Waals surface area contributed by atoms with Gasteiger partial charge in [-0.15, -0.1) is 0 Å². The van der Waals surface area contributed by atoms with Crippen LogP contribution in [-0.4, -0.2) is 18.5 Å². The fraction of sp³-hybridized carbons (Fsp3) is 0.429. The summed E-state index contributed by atoms with van der Waals surface area (Å²) in [5, 5.41) is 8.01. The number of carbonyl (C=O) groups excluding carboxylic acids is 2. The van der Waals surface area contributed by atoms with Crippen molar-refractivity contribution in [1.29, 1.82) is 5.41 Å². The molecule has 11 heavy (non-hydrogen) atoms. The standard InChI is InChI=1S/C6H11NO.CHNO/c1-4-7-6(8)5(2)3;2-1-3/h2,4H2,1,3H3,(H,7,8);2H. The Morgan fingerprint density at radius 3 is 2.18 bits per heavy atom. The highest BCUT2D eigenvalue weighted by Crippen LogP contribution is 1.82. The SMILES string of the molecule is C=C(C)C(=O)NCC.N=C=O. The van der Waals surface area contributed by atoms with Crippen LogP contribution in [0.3, 0.4) is 0 Å². The molecule has 0 radical (unpaired) electrons. The summed E-state index contributed by atoms with van der Waals surface area (Å²) < 4.78 is 0. The van der Waals surface area contributed by atoms with Crippen molar-refractivity contribution >= 4 is 12.0 Å². The molecule has 0 aliphatic carbocycles. The van der Waals surface area contributed by atoms with Gasteiger partial charge in [0, 0.05) is 12.1 Å². The van der Waals surface area contributed by atoms with E-state index in [-0.39, 0.29) is 5.91 Å². The van der Waals surface area contributed by atoms with Crippen LogP contribution in [0.4, 0.5) is 0 Å². The molecule has 4 nitrogen and oxygen atoms in total. The van der Waals surface area contributed by atoms with Crippen LogP contribution in [0.15, 0.2) is 12.2 Å². The van der Waals surface area contributed by atoms with Crippen LogP contribution < -0.4 is 5.32 Å². The Bertz CT molecular complexity index is 169. The van der Waals surface area contributed by atoms with Gasteiger partial charge in [0.05, 0.1) is 0 Å². The second-order valence-electron chi connectivity index (χ2n) is 1.74. The highest BCUT2D eigenvalue weighted by Gasteiger charge is 1.95. The molecule has 1 amide bonds. The van der Waals surface area contributed by atoms with Crippen molar-refractivity contribution in [2.75, 3.05) is 6.54 Å². The van der Waals surface area contributed by atoms with Crippen LogP contribution in [0, 0.1) is 5.41 Å². The molecule has 0 heterocycles. The van der Waals surface area contributed by atoms with Crippen molar-refractivity contribution in [3.63, 3.8) is 0 Å². The number of amides is 1. The van der Waals surface area contributed by atoms with Gasteiger partial charge in [0.15, 0.2) is 0 Å². The largest absolute Gasteiger partial charge is 0.353 e. The zero-order valence-electron chi connectivity index (χ0n) is 6.73. The van der Waals surface area contributed by atoms with Gasteiger partial charge in [0.1, 0.15) is 0 Å². The van der Waals surface area contributed by atoms with E-state index in [0.717, 1.165) is 6.08 Å². The Hall–Kier alpha value is -1.41. The Morgan fingerprint density at radius 2 is 2.09 bits per heavy atom. The summed E-state index contributed by atoms with van der Waals surface area (Å²) in [7, 11) is 0. The highest BCUT2D eigenvalue weighted by molar-refractivity contribution is 5.91. The zero-order valence-corrected chi connectivity index (χ0v) is 6.73. The Labute approximate surface area is 65.8 Å². The van der Waals surface area contributed by atoms with Crippen molar-refractivity contribution in [2.24, 2.45) is 0 Å². The van der Waals surface area contributed by atoms with Gasteiger partial charge < -0.3 is 5.32 Å². The molecule has 0 aliphatic rings. The molecule has 0 saturated carbocycles. The molecule has 0 rings (SSSR count). The number of isocyanates is 1. The lowest BCUT2D eigenvalue weighted by Crippen LogP contribution is -2.22. The molecule has 0 aromatic carbocycles. The molecule has 62 valence electrons. The fourth-order valence-electron chi connectivity index (χ4n) is 0.311. The third-order valence-electron chi connectivity index (χ3n) is 0.725. The van der Waals surface area contributed by atoms with Gasteiger partial charge >= 0.3 is 0 Å². The minimum absolute atomic E-state index is 0.0625. The molecule has 4 heteroatoms. The lowest BCUT2D eigenvalue weighted by atomic mass is 10.3. The number of rotatable bonds is 2. The first-order valence-electron chi connectivity index (χ1n) is 3.07. The number of hydrogen-bond acceptors (Lipinski definition) is 3. The molecule has 0 aromatic heterocycles. The maximum atomic E-state index is 10.5. The van der Waals surface area contributed by atoms with E-state index in [1.807, 2.05) is 6.92 Å². The van der Waals surface area contributed by atoms with Gasteiger partial charge in [-0.3, -0.25) is 4.79 Å². The van der Waals surface area contributed by atoms with Gasteiger partial charge in [-0.05, 0) is 13.8 Å². The van der Waals surface area contributed by atoms with E-state index in [1.165, 1.54) is 0 Å². The fourth-order valence-corrected chi connectivity index (χ4v) is 0.311. The normalized spacial score (nSPS) is 6.73. The second kappa shape index (κ2) is 8.59. The van der Waals surface area contributed by atoms with Crippen molar-refractivity contribution in [3.05, 3.63) is 12.2 Å². The lowest BCUT2D eigenvalue weighted by molar-refractivity contribution is -0.117. The van der Waals surface area contributed by atoms with Crippen LogP contribution in [-0.2, 0) is 9.59 Å². The zero-order chi connectivity index (χ0) is 9.28. The number of carbonyl (C=O) groups is 1. The first-order valence-corrected chi connectivity index (χ1v) is 3.07. The maximum absolute atomic E-state index is 10.5. The van der Waals surface area contributed by atoms with Crippen LogP contribution in [0.25, 0.3) is 0 Å². The van der Waals surface area contributed by atoms with Crippen molar-refractivity contribution in [3.8, 4) is 0 Å². The average molecular weight is 156 g/mol. The van der Waals surface area contributed by atoms with Crippen molar-refractivity contribution in [2.45, 2.75) is 13.8 Å². The van der Waals surface area contributed by atoms with E-state index in [9.17, 15) is 4.79 Å². The second-order valence-corrected chi connectivity index (χ2v) is 1.74. The maximum Gasteiger partial charge on any atom is 0.246 e. The molecule has 0 fully saturated rings. The van der Waals surface area contributed by atoms with Crippen LogP contribution in [0.5, 0.6) is 0 Å². The molecule has 0 saturated heterocycles. The smallest absolute Gasteiger partial charge is 0.246 e. The predicted octanol–water partition coefficient (Wildman–Crippen LogP) is 0.600. The summed E-state index contributed by atoms with van der Waals surface area (Å²) in [5.74, 6) is -0.0625. The summed E-state index contributed by atoms with van der Waals surface area (Å²) >= 11 is 0. The number of nitrogens with one attached hydrogen (secondary N) is 2. The molecule has 0 spiro atoms. The lowest BCUT2D eigenvalue weighted by Gasteiger charge is -1.97. The third kappa shape index (κ3) is 11.9. The molecular weight excluding hydrogens is 144 g/mol. The van der Waals surface area contributed by atoms with Crippen LogP contribution in [0.1, 0.15) is 13.8 Å². The molecule has 0 bridgehead atoms. The van der Waals surface area contributed by atoms with Gasteiger partial charge in [-0.1, -0.05) is 6.58 Å². The summed E-state index contributed by atoms with van der Waals surface area (Å²) in [5.41, 5.74) is 0.562. The van der Waals surface area contributed by atoms with E-state index in [1.54, 1.807) is 6.92 Å². The highest BCUT2D eigenvalue weighted by atomic mass is 16.1. The van der Waals surface area contributed by atoms with E-state index in [2.05, 4.69) is 11.9 Å². The summed E-state index contributed by atoms with van der Waals surface area (Å²) in [6, 6.07) is 0. The molecule has 0 unspecified atom stereocenters. The average Bonchev–Trinajstić information content (AvgIpc) is 1.90. The van der Waals surface area contributed by atoms with Crippen molar-refractivity contribution in [1.82, 2.24) is 5.32 Å². The quantitative estimate of drug-likeness (QED) is 0.349. The Kier molecular flexibility index (Phi) is 9.59. The minimum atomic E-state index is -0.0625. The molecule has 2 N–H and O–H groups in total.